The molecule has 0 radical (unpaired) electrons. The van der Waals surface area contributed by atoms with E-state index < -0.39 is 104 Å². The zero-order chi connectivity index (χ0) is 28.4. The number of aliphatic hydroxyl groups is 3. The van der Waals surface area contributed by atoms with Crippen molar-refractivity contribution in [3.8, 4) is 0 Å². The number of aliphatic carboxylic acids is 1. The van der Waals surface area contributed by atoms with Crippen molar-refractivity contribution < 1.29 is 58.7 Å². The highest BCUT2D eigenvalue weighted by Crippen LogP contribution is 2.23. The van der Waals surface area contributed by atoms with Gasteiger partial charge in [0, 0.05) is 13.3 Å². The Hall–Kier alpha value is -3.38. The molecular weight excluding hydrogens is 502 g/mol. The number of carboxylic acid groups (broad SMARTS) is 1. The molecule has 8 atom stereocenters. The quantitative estimate of drug-likeness (QED) is 0.101. The second kappa shape index (κ2) is 14.4. The van der Waals surface area contributed by atoms with Crippen LogP contribution in [0.2, 0.25) is 0 Å². The Balaban J connectivity index is 3.00. The lowest BCUT2D eigenvalue weighted by Crippen LogP contribution is -2.65. The molecule has 1 aliphatic heterocycles. The van der Waals surface area contributed by atoms with E-state index in [2.05, 4.69) is 16.0 Å². The molecule has 1 saturated heterocycles. The van der Waals surface area contributed by atoms with Crippen LogP contribution >= 0.6 is 0 Å². The first-order valence-electron chi connectivity index (χ1n) is 11.1. The van der Waals surface area contributed by atoms with E-state index in [1.807, 2.05) is 0 Å². The summed E-state index contributed by atoms with van der Waals surface area (Å²) in [6, 6.07) is -4.39. The van der Waals surface area contributed by atoms with Crippen LogP contribution in [0.15, 0.2) is 0 Å². The average molecular weight is 536 g/mol. The summed E-state index contributed by atoms with van der Waals surface area (Å²) in [5, 5.41) is 45.5. The Morgan fingerprint density at radius 2 is 1.62 bits per heavy atom. The van der Waals surface area contributed by atoms with E-state index >= 15 is 0 Å². The summed E-state index contributed by atoms with van der Waals surface area (Å²) in [4.78, 5) is 70.7. The number of ether oxygens (including phenoxy) is 2. The van der Waals surface area contributed by atoms with Crippen molar-refractivity contribution in [3.05, 3.63) is 0 Å². The zero-order valence-electron chi connectivity index (χ0n) is 20.2. The van der Waals surface area contributed by atoms with E-state index in [0.717, 1.165) is 6.92 Å². The molecule has 17 heteroatoms. The number of amides is 5. The van der Waals surface area contributed by atoms with Crippen molar-refractivity contribution in [3.63, 3.8) is 0 Å². The Labute approximate surface area is 210 Å². The molecule has 1 aliphatic rings. The zero-order valence-corrected chi connectivity index (χ0v) is 20.2. The predicted octanol–water partition coefficient (Wildman–Crippen LogP) is -5.47. The van der Waals surface area contributed by atoms with Gasteiger partial charge in [-0.25, -0.2) is 0 Å². The van der Waals surface area contributed by atoms with E-state index in [4.69, 9.17) is 26.0 Å². The summed E-state index contributed by atoms with van der Waals surface area (Å²) >= 11 is 0. The van der Waals surface area contributed by atoms with Gasteiger partial charge in [-0.15, -0.1) is 0 Å². The number of aliphatic hydroxyl groups excluding tert-OH is 3. The molecule has 37 heavy (non-hydrogen) atoms. The Morgan fingerprint density at radius 1 is 1.03 bits per heavy atom. The first-order valence-corrected chi connectivity index (χ1v) is 11.1. The smallest absolute Gasteiger partial charge is 0.303 e. The van der Waals surface area contributed by atoms with Crippen molar-refractivity contribution in [2.75, 3.05) is 6.61 Å². The molecular formula is C20H33N5O12. The second-order valence-corrected chi connectivity index (χ2v) is 8.34. The summed E-state index contributed by atoms with van der Waals surface area (Å²) in [5.41, 5.74) is 10.3. The highest BCUT2D eigenvalue weighted by atomic mass is 16.6. The molecule has 11 N–H and O–H groups in total. The third kappa shape index (κ3) is 9.89. The van der Waals surface area contributed by atoms with Gasteiger partial charge in [0.15, 0.2) is 6.29 Å². The molecule has 6 unspecified atom stereocenters. The molecule has 1 fully saturated rings. The van der Waals surface area contributed by atoms with Gasteiger partial charge in [0.25, 0.3) is 0 Å². The second-order valence-electron chi connectivity index (χ2n) is 8.34. The number of nitrogens with two attached hydrogens (primary N) is 2. The maximum Gasteiger partial charge on any atom is 0.303 e. The largest absolute Gasteiger partial charge is 0.481 e. The lowest BCUT2D eigenvalue weighted by molar-refractivity contribution is -0.266. The maximum absolute atomic E-state index is 12.8. The third-order valence-corrected chi connectivity index (χ3v) is 5.32. The number of primary amides is 2. The van der Waals surface area contributed by atoms with Gasteiger partial charge in [-0.3, -0.25) is 28.8 Å². The van der Waals surface area contributed by atoms with Crippen molar-refractivity contribution in [2.24, 2.45) is 11.5 Å². The van der Waals surface area contributed by atoms with Gasteiger partial charge in [0.05, 0.1) is 13.0 Å². The Bertz CT molecular complexity index is 871. The highest BCUT2D eigenvalue weighted by molar-refractivity contribution is 5.95. The Kier molecular flexibility index (Phi) is 12.3. The Morgan fingerprint density at radius 3 is 2.11 bits per heavy atom. The van der Waals surface area contributed by atoms with Crippen molar-refractivity contribution in [1.82, 2.24) is 16.0 Å². The molecule has 0 aliphatic carbocycles. The highest BCUT2D eigenvalue weighted by Gasteiger charge is 2.47. The number of hydrogen-bond donors (Lipinski definition) is 9. The van der Waals surface area contributed by atoms with E-state index in [0.29, 0.717) is 0 Å². The average Bonchev–Trinajstić information content (AvgIpc) is 2.79. The summed E-state index contributed by atoms with van der Waals surface area (Å²) in [7, 11) is 0. The number of carbonyl (C=O) groups is 6. The molecule has 5 amide bonds. The van der Waals surface area contributed by atoms with Gasteiger partial charge >= 0.3 is 5.97 Å². The standard InChI is InChI=1S/C20H33N5O12/c1-7(36-16-14(23-8(2)27)20(35)37-11(6-26)15(16)31)18(33)25-10(5-12(21)28)19(34)24-9(17(22)32)3-4-13(29)30/h7,9-11,14-16,20,26,31,35H,3-6H2,1-2H3,(H2,21,28)(H2,22,32)(H,23,27)(H,24,34)(H,25,33)(H,29,30)/t7?,9-,10+,11?,14?,15?,16?,20?/m1/s1. The van der Waals surface area contributed by atoms with Crippen LogP contribution < -0.4 is 27.4 Å². The van der Waals surface area contributed by atoms with Gasteiger partial charge in [0.1, 0.15) is 42.5 Å². The molecule has 17 nitrogen and oxygen atoms in total. The van der Waals surface area contributed by atoms with Crippen LogP contribution in [-0.4, -0.2) is 111 Å². The lowest BCUT2D eigenvalue weighted by Gasteiger charge is -2.43. The fourth-order valence-electron chi connectivity index (χ4n) is 3.46. The van der Waals surface area contributed by atoms with Crippen LogP contribution in [0.4, 0.5) is 0 Å². The van der Waals surface area contributed by atoms with Crippen LogP contribution in [0.3, 0.4) is 0 Å². The molecule has 1 rings (SSSR count). The number of rotatable bonds is 14. The predicted molar refractivity (Wildman–Crippen MR) is 120 cm³/mol. The first kappa shape index (κ1) is 31.6. The van der Waals surface area contributed by atoms with E-state index in [1.54, 1.807) is 0 Å². The minimum Gasteiger partial charge on any atom is -0.481 e. The van der Waals surface area contributed by atoms with Crippen LogP contribution in [0.1, 0.15) is 33.1 Å². The number of carbonyl (C=O) groups excluding carboxylic acids is 5. The van der Waals surface area contributed by atoms with Gasteiger partial charge in [-0.2, -0.15) is 0 Å². The summed E-state index contributed by atoms with van der Waals surface area (Å²) < 4.78 is 10.6. The van der Waals surface area contributed by atoms with E-state index in [-0.39, 0.29) is 6.42 Å². The van der Waals surface area contributed by atoms with Gasteiger partial charge in [0.2, 0.25) is 29.5 Å². The van der Waals surface area contributed by atoms with Crippen LogP contribution in [0.5, 0.6) is 0 Å². The molecule has 1 heterocycles. The molecule has 0 aromatic rings. The molecule has 0 aromatic carbocycles. The third-order valence-electron chi connectivity index (χ3n) is 5.32. The molecule has 210 valence electrons. The van der Waals surface area contributed by atoms with Gasteiger partial charge in [-0.05, 0) is 13.3 Å². The van der Waals surface area contributed by atoms with Crippen LogP contribution in [-0.2, 0) is 38.2 Å². The molecule has 0 bridgehead atoms. The monoisotopic (exact) mass is 535 g/mol. The van der Waals surface area contributed by atoms with E-state index in [9.17, 15) is 44.1 Å². The molecule has 0 spiro atoms. The lowest BCUT2D eigenvalue weighted by atomic mass is 9.96. The van der Waals surface area contributed by atoms with Crippen molar-refractivity contribution >= 4 is 35.5 Å². The van der Waals surface area contributed by atoms with Crippen LogP contribution in [0.25, 0.3) is 0 Å². The van der Waals surface area contributed by atoms with E-state index in [1.165, 1.54) is 6.92 Å². The fourth-order valence-corrected chi connectivity index (χ4v) is 3.46. The normalized spacial score (nSPS) is 25.7. The SMILES string of the molecule is CC(=O)NC1C(O)OC(CO)C(O)C1OC(C)C(=O)N[C@@H](CC(N)=O)C(=O)N[C@H](CCC(=O)O)C(N)=O. The first-order chi connectivity index (χ1) is 17.2. The van der Waals surface area contributed by atoms with Crippen LogP contribution in [0, 0.1) is 0 Å². The summed E-state index contributed by atoms with van der Waals surface area (Å²) in [6.07, 6.45) is -9.13. The minimum atomic E-state index is -1.71. The molecule has 0 saturated carbocycles. The van der Waals surface area contributed by atoms with Crippen molar-refractivity contribution in [1.29, 1.82) is 0 Å². The number of carboxylic acids is 1. The summed E-state index contributed by atoms with van der Waals surface area (Å²) in [6.45, 7) is 1.59. The maximum atomic E-state index is 12.8. The topological polar surface area (TPSA) is 290 Å². The molecule has 0 aromatic heterocycles. The van der Waals surface area contributed by atoms with Crippen molar-refractivity contribution in [2.45, 2.75) is 81.9 Å². The van der Waals surface area contributed by atoms with Gasteiger partial charge in [-0.1, -0.05) is 0 Å². The summed E-state index contributed by atoms with van der Waals surface area (Å²) in [5.74, 6) is -6.00. The fraction of sp³-hybridized carbons (Fsp3) is 0.700. The number of hydrogen-bond acceptors (Lipinski definition) is 11. The minimum absolute atomic E-state index is 0.353. The number of nitrogens with one attached hydrogen (secondary N) is 3. The van der Waals surface area contributed by atoms with Gasteiger partial charge < -0.3 is 57.3 Å².